The normalized spacial score (nSPS) is 13.2. The highest BCUT2D eigenvalue weighted by Gasteiger charge is 2.17. The van der Waals surface area contributed by atoms with Crippen LogP contribution < -0.4 is 0 Å². The van der Waals surface area contributed by atoms with E-state index in [2.05, 4.69) is 23.8 Å². The first-order valence-corrected chi connectivity index (χ1v) is 5.12. The number of hydrogen-bond acceptors (Lipinski definition) is 3. The molecular weight excluding hydrogens is 200 g/mol. The van der Waals surface area contributed by atoms with E-state index in [4.69, 9.17) is 16.3 Å². The van der Waals surface area contributed by atoms with Crippen LogP contribution in [-0.4, -0.2) is 17.1 Å². The molecule has 1 heterocycles. The van der Waals surface area contributed by atoms with Gasteiger partial charge in [-0.15, -0.1) is 11.6 Å². The number of aromatic nitrogens is 2. The summed E-state index contributed by atoms with van der Waals surface area (Å²) in [5, 5.41) is 0. The Bertz CT molecular complexity index is 274. The molecule has 1 rings (SSSR count). The van der Waals surface area contributed by atoms with E-state index >= 15 is 0 Å². The van der Waals surface area contributed by atoms with Crippen molar-refractivity contribution in [2.45, 2.75) is 25.8 Å². The van der Waals surface area contributed by atoms with Crippen LogP contribution in [-0.2, 0) is 10.6 Å². The second kappa shape index (κ2) is 5.27. The van der Waals surface area contributed by atoms with E-state index in [1.54, 1.807) is 19.5 Å². The molecule has 0 N–H and O–H groups in total. The number of rotatable bonds is 4. The van der Waals surface area contributed by atoms with Gasteiger partial charge in [0.15, 0.2) is 5.82 Å². The molecule has 0 bridgehead atoms. The first kappa shape index (κ1) is 11.4. The molecule has 0 fully saturated rings. The average molecular weight is 215 g/mol. The molecule has 0 aliphatic rings. The Morgan fingerprint density at radius 3 is 2.29 bits per heavy atom. The maximum absolute atomic E-state index is 5.64. The molecule has 3 nitrogen and oxygen atoms in total. The molecular formula is C10H15ClN2O. The highest BCUT2D eigenvalue weighted by molar-refractivity contribution is 6.17. The van der Waals surface area contributed by atoms with Gasteiger partial charge in [-0.1, -0.05) is 13.8 Å². The highest BCUT2D eigenvalue weighted by Crippen LogP contribution is 2.21. The van der Waals surface area contributed by atoms with Gasteiger partial charge in [0.25, 0.3) is 0 Å². The Morgan fingerprint density at radius 2 is 1.93 bits per heavy atom. The molecule has 0 aliphatic heterocycles. The maximum Gasteiger partial charge on any atom is 0.157 e. The molecule has 0 radical (unpaired) electrons. The SMILES string of the molecule is COC(c1ncc(CCl)cn1)C(C)C. The van der Waals surface area contributed by atoms with E-state index in [1.165, 1.54) is 0 Å². The highest BCUT2D eigenvalue weighted by atomic mass is 35.5. The number of nitrogens with zero attached hydrogens (tertiary/aromatic N) is 2. The molecule has 0 aliphatic carbocycles. The van der Waals surface area contributed by atoms with Crippen molar-refractivity contribution in [3.63, 3.8) is 0 Å². The predicted molar refractivity (Wildman–Crippen MR) is 56.2 cm³/mol. The zero-order chi connectivity index (χ0) is 10.6. The van der Waals surface area contributed by atoms with Crippen molar-refractivity contribution in [1.29, 1.82) is 0 Å². The first-order valence-electron chi connectivity index (χ1n) is 4.58. The molecule has 1 atom stereocenters. The fourth-order valence-corrected chi connectivity index (χ4v) is 1.39. The van der Waals surface area contributed by atoms with Crippen LogP contribution in [0.25, 0.3) is 0 Å². The summed E-state index contributed by atoms with van der Waals surface area (Å²) in [6.45, 7) is 4.15. The summed E-state index contributed by atoms with van der Waals surface area (Å²) in [7, 11) is 1.67. The van der Waals surface area contributed by atoms with Gasteiger partial charge in [0.05, 0.1) is 5.88 Å². The quantitative estimate of drug-likeness (QED) is 0.723. The van der Waals surface area contributed by atoms with Crippen molar-refractivity contribution in [3.05, 3.63) is 23.8 Å². The zero-order valence-electron chi connectivity index (χ0n) is 8.70. The second-order valence-corrected chi connectivity index (χ2v) is 3.75. The molecule has 0 spiro atoms. The van der Waals surface area contributed by atoms with Crippen molar-refractivity contribution >= 4 is 11.6 Å². The number of hydrogen-bond donors (Lipinski definition) is 0. The largest absolute Gasteiger partial charge is 0.373 e. The Labute approximate surface area is 89.5 Å². The van der Waals surface area contributed by atoms with Crippen LogP contribution in [0.1, 0.15) is 31.3 Å². The number of ether oxygens (including phenoxy) is 1. The lowest BCUT2D eigenvalue weighted by Gasteiger charge is -2.17. The van der Waals surface area contributed by atoms with E-state index in [0.29, 0.717) is 11.8 Å². The van der Waals surface area contributed by atoms with Gasteiger partial charge in [0.2, 0.25) is 0 Å². The van der Waals surface area contributed by atoms with Gasteiger partial charge in [-0.3, -0.25) is 0 Å². The van der Waals surface area contributed by atoms with Gasteiger partial charge in [-0.25, -0.2) is 9.97 Å². The van der Waals surface area contributed by atoms with Crippen molar-refractivity contribution < 1.29 is 4.74 Å². The number of halogens is 1. The Kier molecular flexibility index (Phi) is 4.29. The topological polar surface area (TPSA) is 35.0 Å². The Hall–Kier alpha value is -0.670. The van der Waals surface area contributed by atoms with Crippen LogP contribution >= 0.6 is 11.6 Å². The molecule has 78 valence electrons. The summed E-state index contributed by atoms with van der Waals surface area (Å²) in [5.74, 6) is 1.53. The van der Waals surface area contributed by atoms with Crippen LogP contribution in [0.15, 0.2) is 12.4 Å². The zero-order valence-corrected chi connectivity index (χ0v) is 9.45. The van der Waals surface area contributed by atoms with E-state index in [0.717, 1.165) is 11.4 Å². The summed E-state index contributed by atoms with van der Waals surface area (Å²) >= 11 is 5.64. The predicted octanol–water partition coefficient (Wildman–Crippen LogP) is 2.56. The summed E-state index contributed by atoms with van der Waals surface area (Å²) in [6, 6.07) is 0. The third-order valence-corrected chi connectivity index (χ3v) is 2.30. The van der Waals surface area contributed by atoms with Crippen molar-refractivity contribution in [1.82, 2.24) is 9.97 Å². The average Bonchev–Trinajstić information content (AvgIpc) is 2.19. The van der Waals surface area contributed by atoms with Crippen LogP contribution in [0.3, 0.4) is 0 Å². The minimum absolute atomic E-state index is 0.0422. The van der Waals surface area contributed by atoms with E-state index in [-0.39, 0.29) is 6.10 Å². The molecule has 14 heavy (non-hydrogen) atoms. The smallest absolute Gasteiger partial charge is 0.157 e. The molecule has 1 aromatic rings. The van der Waals surface area contributed by atoms with Crippen molar-refractivity contribution in [3.8, 4) is 0 Å². The Balaban J connectivity index is 2.84. The fourth-order valence-electron chi connectivity index (χ4n) is 1.26. The molecule has 0 amide bonds. The summed E-state index contributed by atoms with van der Waals surface area (Å²) in [6.07, 6.45) is 3.44. The lowest BCUT2D eigenvalue weighted by molar-refractivity contribution is 0.0574. The van der Waals surface area contributed by atoms with Crippen molar-refractivity contribution in [2.24, 2.45) is 5.92 Å². The third kappa shape index (κ3) is 2.66. The summed E-state index contributed by atoms with van der Waals surface area (Å²) in [5.41, 5.74) is 0.925. The molecule has 1 aromatic heterocycles. The van der Waals surface area contributed by atoms with Gasteiger partial charge in [-0.2, -0.15) is 0 Å². The third-order valence-electron chi connectivity index (χ3n) is 1.99. The standard InChI is InChI=1S/C10H15ClN2O/c1-7(2)9(14-3)10-12-5-8(4-11)6-13-10/h5-7,9H,4H2,1-3H3. The fraction of sp³-hybridized carbons (Fsp3) is 0.600. The summed E-state index contributed by atoms with van der Waals surface area (Å²) < 4.78 is 5.31. The van der Waals surface area contributed by atoms with Crippen LogP contribution in [0.5, 0.6) is 0 Å². The monoisotopic (exact) mass is 214 g/mol. The lowest BCUT2D eigenvalue weighted by atomic mass is 10.1. The number of methoxy groups -OCH3 is 1. The number of alkyl halides is 1. The van der Waals surface area contributed by atoms with E-state index in [1.807, 2.05) is 0 Å². The molecule has 0 saturated carbocycles. The van der Waals surface area contributed by atoms with Gasteiger partial charge >= 0.3 is 0 Å². The minimum atomic E-state index is -0.0422. The molecule has 0 aromatic carbocycles. The first-order chi connectivity index (χ1) is 6.69. The van der Waals surface area contributed by atoms with E-state index in [9.17, 15) is 0 Å². The molecule has 4 heteroatoms. The van der Waals surface area contributed by atoms with Gasteiger partial charge < -0.3 is 4.74 Å². The van der Waals surface area contributed by atoms with Crippen molar-refractivity contribution in [2.75, 3.05) is 7.11 Å². The maximum atomic E-state index is 5.64. The van der Waals surface area contributed by atoms with Crippen LogP contribution in [0, 0.1) is 5.92 Å². The minimum Gasteiger partial charge on any atom is -0.373 e. The lowest BCUT2D eigenvalue weighted by Crippen LogP contribution is -2.12. The summed E-state index contributed by atoms with van der Waals surface area (Å²) in [4.78, 5) is 8.44. The second-order valence-electron chi connectivity index (χ2n) is 3.48. The molecule has 0 saturated heterocycles. The Morgan fingerprint density at radius 1 is 1.36 bits per heavy atom. The van der Waals surface area contributed by atoms with Gasteiger partial charge in [0.1, 0.15) is 6.10 Å². The molecule has 1 unspecified atom stereocenters. The van der Waals surface area contributed by atoms with Gasteiger partial charge in [0, 0.05) is 25.1 Å². The van der Waals surface area contributed by atoms with Crippen LogP contribution in [0.4, 0.5) is 0 Å². The van der Waals surface area contributed by atoms with E-state index < -0.39 is 0 Å². The van der Waals surface area contributed by atoms with Crippen LogP contribution in [0.2, 0.25) is 0 Å². The van der Waals surface area contributed by atoms with Gasteiger partial charge in [-0.05, 0) is 5.92 Å².